The normalized spacial score (nSPS) is 12.0. The Morgan fingerprint density at radius 3 is 2.57 bits per heavy atom. The van der Waals surface area contributed by atoms with Gasteiger partial charge < -0.3 is 16.4 Å². The van der Waals surface area contributed by atoms with Crippen molar-refractivity contribution < 1.29 is 14.0 Å². The molecule has 0 saturated heterocycles. The SMILES string of the molecule is CC(C)C(F)CNC(=O)c1cnc(-c2cnn3cc(Cl)cnc23)cc1Nc1ccc(C(N)=O)cc1. The van der Waals surface area contributed by atoms with E-state index in [4.69, 9.17) is 17.3 Å². The number of rotatable bonds is 8. The average Bonchev–Trinajstić information content (AvgIpc) is 3.25. The minimum absolute atomic E-state index is 0.121. The number of nitrogens with two attached hydrogens (primary N) is 1. The first kappa shape index (κ1) is 24.1. The van der Waals surface area contributed by atoms with Crippen molar-refractivity contribution in [3.63, 3.8) is 0 Å². The van der Waals surface area contributed by atoms with E-state index in [9.17, 15) is 14.0 Å². The molecule has 0 aliphatic carbocycles. The number of pyridine rings is 1. The van der Waals surface area contributed by atoms with E-state index in [1.54, 1.807) is 56.6 Å². The van der Waals surface area contributed by atoms with Gasteiger partial charge in [-0.15, -0.1) is 0 Å². The number of carbonyl (C=O) groups is 2. The maximum atomic E-state index is 14.1. The first-order chi connectivity index (χ1) is 16.7. The average molecular weight is 496 g/mol. The summed E-state index contributed by atoms with van der Waals surface area (Å²) in [4.78, 5) is 33.0. The molecule has 2 amide bonds. The number of amides is 2. The summed E-state index contributed by atoms with van der Waals surface area (Å²) in [5.74, 6) is -1.25. The van der Waals surface area contributed by atoms with E-state index in [1.807, 2.05) is 0 Å². The van der Waals surface area contributed by atoms with Gasteiger partial charge in [-0.3, -0.25) is 14.6 Å². The second-order valence-electron chi connectivity index (χ2n) is 8.25. The summed E-state index contributed by atoms with van der Waals surface area (Å²) in [7, 11) is 0. The third-order valence-electron chi connectivity index (χ3n) is 5.38. The number of nitrogens with zero attached hydrogens (tertiary/aromatic N) is 4. The molecule has 1 aromatic carbocycles. The largest absolute Gasteiger partial charge is 0.366 e. The van der Waals surface area contributed by atoms with Crippen LogP contribution in [0.3, 0.4) is 0 Å². The van der Waals surface area contributed by atoms with E-state index in [2.05, 4.69) is 25.7 Å². The fourth-order valence-electron chi connectivity index (χ4n) is 3.31. The number of hydrogen-bond donors (Lipinski definition) is 3. The first-order valence-electron chi connectivity index (χ1n) is 10.8. The molecule has 1 atom stereocenters. The van der Waals surface area contributed by atoms with Crippen molar-refractivity contribution in [1.29, 1.82) is 0 Å². The Kier molecular flexibility index (Phi) is 6.92. The number of anilines is 2. The molecule has 1 unspecified atom stereocenters. The number of hydrogen-bond acceptors (Lipinski definition) is 6. The number of fused-ring (bicyclic) bond motifs is 1. The molecular formula is C24H23ClFN7O2. The van der Waals surface area contributed by atoms with Gasteiger partial charge in [0.25, 0.3) is 5.91 Å². The van der Waals surface area contributed by atoms with Gasteiger partial charge in [-0.2, -0.15) is 5.10 Å². The Bertz CT molecular complexity index is 1390. The number of aromatic nitrogens is 4. The molecule has 0 spiro atoms. The smallest absolute Gasteiger partial charge is 0.255 e. The second kappa shape index (κ2) is 10.1. The molecule has 180 valence electrons. The maximum Gasteiger partial charge on any atom is 0.255 e. The van der Waals surface area contributed by atoms with Crippen LogP contribution in [0.2, 0.25) is 5.02 Å². The Hall–Kier alpha value is -4.05. The number of carbonyl (C=O) groups excluding carboxylic acids is 2. The van der Waals surface area contributed by atoms with Crippen LogP contribution in [-0.2, 0) is 0 Å². The van der Waals surface area contributed by atoms with Crippen LogP contribution in [-0.4, -0.2) is 44.1 Å². The Morgan fingerprint density at radius 2 is 1.89 bits per heavy atom. The zero-order valence-corrected chi connectivity index (χ0v) is 19.8. The predicted molar refractivity (Wildman–Crippen MR) is 132 cm³/mol. The second-order valence-corrected chi connectivity index (χ2v) is 8.69. The van der Waals surface area contributed by atoms with Gasteiger partial charge in [-0.25, -0.2) is 13.9 Å². The van der Waals surface area contributed by atoms with Gasteiger partial charge in [0.2, 0.25) is 5.91 Å². The fourth-order valence-corrected chi connectivity index (χ4v) is 3.46. The summed E-state index contributed by atoms with van der Waals surface area (Å²) in [6.07, 6.45) is 4.96. The molecule has 4 aromatic rings. The molecule has 4 N–H and O–H groups in total. The third kappa shape index (κ3) is 5.38. The molecular weight excluding hydrogens is 473 g/mol. The Balaban J connectivity index is 1.71. The van der Waals surface area contributed by atoms with Crippen LogP contribution in [0.15, 0.2) is 55.1 Å². The van der Waals surface area contributed by atoms with Crippen LogP contribution in [0, 0.1) is 5.92 Å². The summed E-state index contributed by atoms with van der Waals surface area (Å²) in [5, 5.41) is 10.5. The van der Waals surface area contributed by atoms with Crippen molar-refractivity contribution in [2.75, 3.05) is 11.9 Å². The van der Waals surface area contributed by atoms with Crippen molar-refractivity contribution in [2.24, 2.45) is 11.7 Å². The fraction of sp³-hybridized carbons (Fsp3) is 0.208. The zero-order valence-electron chi connectivity index (χ0n) is 19.0. The van der Waals surface area contributed by atoms with Crippen molar-refractivity contribution in [3.8, 4) is 11.3 Å². The molecule has 0 fully saturated rings. The molecule has 0 bridgehead atoms. The number of halogens is 2. The molecule has 0 saturated carbocycles. The third-order valence-corrected chi connectivity index (χ3v) is 5.57. The lowest BCUT2D eigenvalue weighted by Gasteiger charge is -2.16. The van der Waals surface area contributed by atoms with E-state index < -0.39 is 18.0 Å². The lowest BCUT2D eigenvalue weighted by Crippen LogP contribution is -2.32. The van der Waals surface area contributed by atoms with Gasteiger partial charge in [-0.05, 0) is 36.2 Å². The molecule has 0 aliphatic rings. The summed E-state index contributed by atoms with van der Waals surface area (Å²) in [5.41, 5.74) is 8.59. The molecule has 3 heterocycles. The quantitative estimate of drug-likeness (QED) is 0.339. The van der Waals surface area contributed by atoms with E-state index in [1.165, 1.54) is 16.9 Å². The molecule has 3 aromatic heterocycles. The molecule has 0 aliphatic heterocycles. The molecule has 4 rings (SSSR count). The van der Waals surface area contributed by atoms with Crippen molar-refractivity contribution >= 4 is 40.4 Å². The van der Waals surface area contributed by atoms with Crippen LogP contribution >= 0.6 is 11.6 Å². The highest BCUT2D eigenvalue weighted by atomic mass is 35.5. The number of alkyl halides is 1. The van der Waals surface area contributed by atoms with Gasteiger partial charge in [0, 0.05) is 30.2 Å². The van der Waals surface area contributed by atoms with Gasteiger partial charge in [0.05, 0.1) is 39.9 Å². The highest BCUT2D eigenvalue weighted by molar-refractivity contribution is 6.30. The topological polar surface area (TPSA) is 127 Å². The van der Waals surface area contributed by atoms with Gasteiger partial charge in [-0.1, -0.05) is 25.4 Å². The molecule has 11 heteroatoms. The Morgan fingerprint density at radius 1 is 1.14 bits per heavy atom. The standard InChI is InChI=1S/C24H23ClFN7O2/c1-13(2)19(26)11-30-24(35)18-9-28-20(17-10-31-33-12-15(25)8-29-23(17)33)7-21(18)32-16-5-3-14(4-6-16)22(27)34/h3-10,12-13,19H,11H2,1-2H3,(H2,27,34)(H,28,32)(H,30,35). The van der Waals surface area contributed by atoms with E-state index in [-0.39, 0.29) is 18.0 Å². The van der Waals surface area contributed by atoms with Gasteiger partial charge >= 0.3 is 0 Å². The molecule has 9 nitrogen and oxygen atoms in total. The van der Waals surface area contributed by atoms with E-state index >= 15 is 0 Å². The molecule has 0 radical (unpaired) electrons. The lowest BCUT2D eigenvalue weighted by atomic mass is 10.1. The summed E-state index contributed by atoms with van der Waals surface area (Å²) in [6, 6.07) is 8.15. The minimum atomic E-state index is -1.18. The highest BCUT2D eigenvalue weighted by Crippen LogP contribution is 2.29. The van der Waals surface area contributed by atoms with Crippen LogP contribution in [0.5, 0.6) is 0 Å². The van der Waals surface area contributed by atoms with Crippen LogP contribution < -0.4 is 16.4 Å². The van der Waals surface area contributed by atoms with Gasteiger partial charge in [0.1, 0.15) is 6.17 Å². The zero-order chi connectivity index (χ0) is 25.1. The minimum Gasteiger partial charge on any atom is -0.366 e. The van der Waals surface area contributed by atoms with Crippen LogP contribution in [0.1, 0.15) is 34.6 Å². The maximum absolute atomic E-state index is 14.1. The lowest BCUT2D eigenvalue weighted by molar-refractivity contribution is 0.0934. The highest BCUT2D eigenvalue weighted by Gasteiger charge is 2.19. The van der Waals surface area contributed by atoms with Crippen molar-refractivity contribution in [3.05, 3.63) is 71.3 Å². The summed E-state index contributed by atoms with van der Waals surface area (Å²) < 4.78 is 15.6. The monoisotopic (exact) mass is 495 g/mol. The van der Waals surface area contributed by atoms with Gasteiger partial charge in [0.15, 0.2) is 5.65 Å². The van der Waals surface area contributed by atoms with E-state index in [0.717, 1.165) is 0 Å². The first-order valence-corrected chi connectivity index (χ1v) is 11.2. The summed E-state index contributed by atoms with van der Waals surface area (Å²) in [6.45, 7) is 3.37. The van der Waals surface area contributed by atoms with Crippen LogP contribution in [0.4, 0.5) is 15.8 Å². The summed E-state index contributed by atoms with van der Waals surface area (Å²) >= 11 is 6.00. The van der Waals surface area contributed by atoms with E-state index in [0.29, 0.717) is 38.9 Å². The predicted octanol–water partition coefficient (Wildman–Crippen LogP) is 4.01. The number of primary amides is 1. The van der Waals surface area contributed by atoms with Crippen LogP contribution in [0.25, 0.3) is 16.9 Å². The number of benzene rings is 1. The van der Waals surface area contributed by atoms with Crippen molar-refractivity contribution in [1.82, 2.24) is 24.9 Å². The number of nitrogens with one attached hydrogen (secondary N) is 2. The van der Waals surface area contributed by atoms with Crippen molar-refractivity contribution in [2.45, 2.75) is 20.0 Å². The Labute approximate surface area is 205 Å². The molecule has 35 heavy (non-hydrogen) atoms.